The normalized spacial score (nSPS) is 13.2. The van der Waals surface area contributed by atoms with Crippen LogP contribution in [0, 0.1) is 5.41 Å². The van der Waals surface area contributed by atoms with Gasteiger partial charge >= 0.3 is 0 Å². The molecule has 0 amide bonds. The van der Waals surface area contributed by atoms with Crippen molar-refractivity contribution in [3.05, 3.63) is 12.0 Å². The molecule has 0 aliphatic heterocycles. The molecule has 110 valence electrons. The quantitative estimate of drug-likeness (QED) is 0.782. The lowest BCUT2D eigenvalue weighted by atomic mass is 9.94. The topological polar surface area (TPSA) is 92.1 Å². The lowest BCUT2D eigenvalue weighted by Gasteiger charge is -2.29. The Balaban J connectivity index is 3.02. The second kappa shape index (κ2) is 6.02. The molecule has 0 fully saturated rings. The van der Waals surface area contributed by atoms with Crippen LogP contribution in [0.2, 0.25) is 0 Å². The summed E-state index contributed by atoms with van der Waals surface area (Å²) in [5.74, 6) is 0.674. The summed E-state index contributed by atoms with van der Waals surface area (Å²) in [4.78, 5) is 6.90. The van der Waals surface area contributed by atoms with Crippen molar-refractivity contribution in [2.24, 2.45) is 11.1 Å². The van der Waals surface area contributed by atoms with Crippen molar-refractivity contribution in [2.75, 3.05) is 19.6 Å². The van der Waals surface area contributed by atoms with Gasteiger partial charge in [0, 0.05) is 19.5 Å². The van der Waals surface area contributed by atoms with Crippen molar-refractivity contribution >= 4 is 10.0 Å². The molecule has 19 heavy (non-hydrogen) atoms. The number of imidazole rings is 1. The maximum Gasteiger partial charge on any atom is 0.260 e. The zero-order valence-corrected chi connectivity index (χ0v) is 12.9. The van der Waals surface area contributed by atoms with Gasteiger partial charge in [-0.15, -0.1) is 0 Å². The van der Waals surface area contributed by atoms with Crippen LogP contribution < -0.4 is 5.73 Å². The number of aromatic amines is 1. The fourth-order valence-electron chi connectivity index (χ4n) is 1.70. The van der Waals surface area contributed by atoms with Crippen molar-refractivity contribution in [2.45, 2.75) is 39.1 Å². The van der Waals surface area contributed by atoms with Gasteiger partial charge in [0.15, 0.2) is 5.03 Å². The molecular weight excluding hydrogens is 264 g/mol. The van der Waals surface area contributed by atoms with Gasteiger partial charge in [-0.1, -0.05) is 27.7 Å². The van der Waals surface area contributed by atoms with Crippen molar-refractivity contribution in [3.8, 4) is 0 Å². The predicted octanol–water partition coefficient (Wildman–Crippen LogP) is 0.968. The third-order valence-corrected chi connectivity index (χ3v) is 4.90. The lowest BCUT2D eigenvalue weighted by molar-refractivity contribution is 0.272. The zero-order valence-electron chi connectivity index (χ0n) is 12.1. The molecule has 0 unspecified atom stereocenters. The van der Waals surface area contributed by atoms with E-state index in [-0.39, 0.29) is 10.4 Å². The van der Waals surface area contributed by atoms with Crippen molar-refractivity contribution in [1.82, 2.24) is 14.3 Å². The fraction of sp³-hybridized carbons (Fsp3) is 0.750. The van der Waals surface area contributed by atoms with Gasteiger partial charge < -0.3 is 10.7 Å². The number of aromatic nitrogens is 2. The first kappa shape index (κ1) is 16.1. The number of H-pyrrole nitrogens is 1. The van der Waals surface area contributed by atoms with E-state index < -0.39 is 10.0 Å². The van der Waals surface area contributed by atoms with Crippen LogP contribution in [0.3, 0.4) is 0 Å². The summed E-state index contributed by atoms with van der Waals surface area (Å²) in [5, 5.41) is 0.152. The van der Waals surface area contributed by atoms with Gasteiger partial charge in [0.05, 0.1) is 6.20 Å². The number of rotatable bonds is 7. The molecule has 6 nitrogen and oxygen atoms in total. The average molecular weight is 288 g/mol. The highest BCUT2D eigenvalue weighted by Crippen LogP contribution is 2.20. The Labute approximate surface area is 115 Å². The van der Waals surface area contributed by atoms with E-state index in [4.69, 9.17) is 5.73 Å². The Hall–Kier alpha value is -0.920. The number of aryl methyl sites for hydroxylation is 1. The second-order valence-corrected chi connectivity index (χ2v) is 7.25. The van der Waals surface area contributed by atoms with Crippen molar-refractivity contribution in [3.63, 3.8) is 0 Å². The summed E-state index contributed by atoms with van der Waals surface area (Å²) in [6, 6.07) is 0. The highest BCUT2D eigenvalue weighted by Gasteiger charge is 2.30. The van der Waals surface area contributed by atoms with Gasteiger partial charge in [0.25, 0.3) is 10.0 Å². The summed E-state index contributed by atoms with van der Waals surface area (Å²) < 4.78 is 26.4. The standard InChI is InChI=1S/C12H24N4O2S/c1-5-10-14-7-11(15-10)19(17,18)16(6-2)9-12(3,4)8-13/h7H,5-6,8-9,13H2,1-4H3,(H,14,15). The minimum absolute atomic E-state index is 0.152. The summed E-state index contributed by atoms with van der Waals surface area (Å²) in [7, 11) is -3.52. The maximum absolute atomic E-state index is 12.5. The van der Waals surface area contributed by atoms with E-state index in [1.54, 1.807) is 0 Å². The van der Waals surface area contributed by atoms with Crippen LogP contribution in [0.5, 0.6) is 0 Å². The monoisotopic (exact) mass is 288 g/mol. The first-order valence-electron chi connectivity index (χ1n) is 6.51. The summed E-state index contributed by atoms with van der Waals surface area (Å²) in [6.45, 7) is 8.88. The smallest absolute Gasteiger partial charge is 0.260 e. The molecule has 0 radical (unpaired) electrons. The number of nitrogens with zero attached hydrogens (tertiary/aromatic N) is 2. The number of hydrogen-bond acceptors (Lipinski definition) is 4. The molecule has 0 atom stereocenters. The maximum atomic E-state index is 12.5. The molecule has 1 aromatic heterocycles. The zero-order chi connectivity index (χ0) is 14.7. The number of hydrogen-bond donors (Lipinski definition) is 2. The Bertz CT molecular complexity index is 508. The van der Waals surface area contributed by atoms with Gasteiger partial charge in [0.1, 0.15) is 5.82 Å². The van der Waals surface area contributed by atoms with Crippen molar-refractivity contribution < 1.29 is 8.42 Å². The Morgan fingerprint density at radius 1 is 1.42 bits per heavy atom. The minimum atomic E-state index is -3.52. The van der Waals surface area contributed by atoms with Crippen LogP contribution in [0.15, 0.2) is 11.2 Å². The third kappa shape index (κ3) is 3.77. The summed E-state index contributed by atoms with van der Waals surface area (Å²) in [5.41, 5.74) is 5.42. The van der Waals surface area contributed by atoms with Gasteiger partial charge in [0.2, 0.25) is 0 Å². The van der Waals surface area contributed by atoms with Crippen LogP contribution in [-0.2, 0) is 16.4 Å². The molecule has 7 heteroatoms. The molecule has 0 aromatic carbocycles. The molecule has 3 N–H and O–H groups in total. The molecule has 1 heterocycles. The molecule has 0 saturated carbocycles. The van der Waals surface area contributed by atoms with Crippen LogP contribution in [-0.4, -0.2) is 42.3 Å². The fourth-order valence-corrected chi connectivity index (χ4v) is 3.27. The third-order valence-electron chi connectivity index (χ3n) is 3.07. The van der Waals surface area contributed by atoms with E-state index in [0.717, 1.165) is 0 Å². The average Bonchev–Trinajstić information content (AvgIpc) is 2.85. The molecule has 0 aliphatic rings. The van der Waals surface area contributed by atoms with Gasteiger partial charge in [-0.05, 0) is 12.0 Å². The summed E-state index contributed by atoms with van der Waals surface area (Å²) in [6.07, 6.45) is 2.06. The molecule has 0 spiro atoms. The van der Waals surface area contributed by atoms with Crippen LogP contribution >= 0.6 is 0 Å². The number of nitrogens with two attached hydrogens (primary N) is 1. The minimum Gasteiger partial charge on any atom is -0.332 e. The lowest BCUT2D eigenvalue weighted by Crippen LogP contribution is -2.42. The van der Waals surface area contributed by atoms with Crippen LogP contribution in [0.1, 0.15) is 33.5 Å². The molecule has 1 aromatic rings. The van der Waals surface area contributed by atoms with Crippen LogP contribution in [0.25, 0.3) is 0 Å². The Morgan fingerprint density at radius 3 is 2.47 bits per heavy atom. The largest absolute Gasteiger partial charge is 0.332 e. The van der Waals surface area contributed by atoms with E-state index in [2.05, 4.69) is 9.97 Å². The molecule has 0 saturated heterocycles. The van der Waals surface area contributed by atoms with Gasteiger partial charge in [-0.2, -0.15) is 4.31 Å². The highest BCUT2D eigenvalue weighted by molar-refractivity contribution is 7.89. The van der Waals surface area contributed by atoms with Gasteiger partial charge in [-0.25, -0.2) is 13.4 Å². The first-order valence-corrected chi connectivity index (χ1v) is 7.95. The Morgan fingerprint density at radius 2 is 2.05 bits per heavy atom. The van der Waals surface area contributed by atoms with E-state index in [0.29, 0.717) is 31.9 Å². The van der Waals surface area contributed by atoms with E-state index >= 15 is 0 Å². The molecular formula is C12H24N4O2S. The Kier molecular flexibility index (Phi) is 5.11. The molecule has 0 bridgehead atoms. The number of nitrogens with one attached hydrogen (secondary N) is 1. The van der Waals surface area contributed by atoms with Gasteiger partial charge in [-0.3, -0.25) is 0 Å². The van der Waals surface area contributed by atoms with E-state index in [9.17, 15) is 8.42 Å². The highest BCUT2D eigenvalue weighted by atomic mass is 32.2. The number of sulfonamides is 1. The van der Waals surface area contributed by atoms with Crippen molar-refractivity contribution in [1.29, 1.82) is 0 Å². The van der Waals surface area contributed by atoms with Crippen LogP contribution in [0.4, 0.5) is 0 Å². The predicted molar refractivity (Wildman–Crippen MR) is 75.2 cm³/mol. The van der Waals surface area contributed by atoms with E-state index in [1.807, 2.05) is 27.7 Å². The molecule has 0 aliphatic carbocycles. The second-order valence-electron chi connectivity index (χ2n) is 5.35. The first-order chi connectivity index (χ1) is 8.76. The summed E-state index contributed by atoms with van der Waals surface area (Å²) >= 11 is 0. The molecule has 1 rings (SSSR count). The SMILES string of the molecule is CCc1ncc(S(=O)(=O)N(CC)CC(C)(C)CN)[nH]1. The van der Waals surface area contributed by atoms with E-state index in [1.165, 1.54) is 10.5 Å².